The predicted octanol–water partition coefficient (Wildman–Crippen LogP) is 4.28. The highest BCUT2D eigenvalue weighted by Gasteiger charge is 2.49. The van der Waals surface area contributed by atoms with Gasteiger partial charge in [-0.15, -0.1) is 0 Å². The van der Waals surface area contributed by atoms with Crippen LogP contribution < -0.4 is 5.32 Å². The number of fused-ring (bicyclic) bond motifs is 1. The highest BCUT2D eigenvalue weighted by Crippen LogP contribution is 2.47. The van der Waals surface area contributed by atoms with Crippen LogP contribution in [0.15, 0.2) is 78.9 Å². The third-order valence-electron chi connectivity index (χ3n) is 4.58. The summed E-state index contributed by atoms with van der Waals surface area (Å²) in [7, 11) is 0. The van der Waals surface area contributed by atoms with Crippen molar-refractivity contribution in [2.75, 3.05) is 5.32 Å². The van der Waals surface area contributed by atoms with Crippen molar-refractivity contribution in [2.24, 2.45) is 0 Å². The number of anilines is 1. The summed E-state index contributed by atoms with van der Waals surface area (Å²) in [4.78, 5) is 13.2. The van der Waals surface area contributed by atoms with Gasteiger partial charge in [-0.05, 0) is 24.1 Å². The van der Waals surface area contributed by atoms with Gasteiger partial charge in [0.2, 0.25) is 5.91 Å². The van der Waals surface area contributed by atoms with Crippen molar-refractivity contribution < 1.29 is 4.79 Å². The molecule has 2 nitrogen and oxygen atoms in total. The number of hydrogen-bond acceptors (Lipinski definition) is 1. The summed E-state index contributed by atoms with van der Waals surface area (Å²) in [6.45, 7) is 2.06. The summed E-state index contributed by atoms with van der Waals surface area (Å²) in [6.07, 6.45) is 0. The molecule has 3 aromatic rings. The van der Waals surface area contributed by atoms with Gasteiger partial charge in [0, 0.05) is 11.3 Å². The lowest BCUT2D eigenvalue weighted by molar-refractivity contribution is -0.118. The van der Waals surface area contributed by atoms with E-state index in [0.717, 1.165) is 27.9 Å². The minimum Gasteiger partial charge on any atom is -0.324 e. The molecule has 1 aliphatic rings. The van der Waals surface area contributed by atoms with E-state index in [0.29, 0.717) is 0 Å². The van der Waals surface area contributed by atoms with Crippen molar-refractivity contribution in [3.63, 3.8) is 0 Å². The average Bonchev–Trinajstić information content (AvgIpc) is 2.88. The van der Waals surface area contributed by atoms with Crippen molar-refractivity contribution in [1.29, 1.82) is 0 Å². The summed E-state index contributed by atoms with van der Waals surface area (Å²) in [5, 5.41) is 3.07. The van der Waals surface area contributed by atoms with Gasteiger partial charge in [0.05, 0.1) is 0 Å². The van der Waals surface area contributed by atoms with Crippen LogP contribution in [0, 0.1) is 6.92 Å². The first-order valence-electron chi connectivity index (χ1n) is 7.76. The number of carbonyl (C=O) groups excluding carboxylic acids is 1. The maximum Gasteiger partial charge on any atom is 0.244 e. The van der Waals surface area contributed by atoms with Gasteiger partial charge in [0.15, 0.2) is 0 Å². The van der Waals surface area contributed by atoms with E-state index in [1.54, 1.807) is 0 Å². The van der Waals surface area contributed by atoms with Crippen LogP contribution >= 0.6 is 0 Å². The van der Waals surface area contributed by atoms with Crippen molar-refractivity contribution >= 4 is 11.6 Å². The minimum absolute atomic E-state index is 0.00972. The molecule has 0 aromatic heterocycles. The Bertz CT molecular complexity index is 829. The molecule has 1 N–H and O–H groups in total. The van der Waals surface area contributed by atoms with Gasteiger partial charge >= 0.3 is 0 Å². The molecule has 1 heterocycles. The van der Waals surface area contributed by atoms with Gasteiger partial charge in [-0.2, -0.15) is 0 Å². The van der Waals surface area contributed by atoms with Gasteiger partial charge in [0.25, 0.3) is 0 Å². The Morgan fingerprint density at radius 1 is 0.783 bits per heavy atom. The molecular formula is C21H17NO. The van der Waals surface area contributed by atoms with Crippen LogP contribution in [-0.4, -0.2) is 5.91 Å². The molecule has 0 spiro atoms. The normalized spacial score (nSPS) is 15.1. The van der Waals surface area contributed by atoms with E-state index in [1.165, 1.54) is 0 Å². The lowest BCUT2D eigenvalue weighted by atomic mass is 9.70. The topological polar surface area (TPSA) is 29.1 Å². The zero-order valence-corrected chi connectivity index (χ0v) is 12.9. The number of amides is 1. The molecule has 112 valence electrons. The van der Waals surface area contributed by atoms with Crippen LogP contribution in [0.5, 0.6) is 0 Å². The fourth-order valence-electron chi connectivity index (χ4n) is 3.53. The van der Waals surface area contributed by atoms with E-state index in [-0.39, 0.29) is 5.91 Å². The van der Waals surface area contributed by atoms with Crippen LogP contribution in [0.2, 0.25) is 0 Å². The second-order valence-electron chi connectivity index (χ2n) is 5.99. The maximum atomic E-state index is 13.2. The lowest BCUT2D eigenvalue weighted by Gasteiger charge is -2.29. The number of carbonyl (C=O) groups is 1. The molecule has 0 bridgehead atoms. The molecule has 0 saturated carbocycles. The van der Waals surface area contributed by atoms with E-state index >= 15 is 0 Å². The summed E-state index contributed by atoms with van der Waals surface area (Å²) >= 11 is 0. The van der Waals surface area contributed by atoms with Crippen molar-refractivity contribution in [2.45, 2.75) is 12.3 Å². The van der Waals surface area contributed by atoms with Crippen molar-refractivity contribution in [3.05, 3.63) is 101 Å². The molecule has 0 saturated heterocycles. The van der Waals surface area contributed by atoms with E-state index in [9.17, 15) is 4.79 Å². The number of nitrogens with one attached hydrogen (secondary N) is 1. The summed E-state index contributed by atoms with van der Waals surface area (Å²) < 4.78 is 0. The van der Waals surface area contributed by atoms with Crippen LogP contribution in [0.1, 0.15) is 22.3 Å². The molecule has 0 aliphatic carbocycles. The molecule has 0 fully saturated rings. The molecule has 2 heteroatoms. The quantitative estimate of drug-likeness (QED) is 0.752. The van der Waals surface area contributed by atoms with Gasteiger partial charge in [-0.25, -0.2) is 0 Å². The molecule has 3 aromatic carbocycles. The van der Waals surface area contributed by atoms with E-state index in [1.807, 2.05) is 72.8 Å². The lowest BCUT2D eigenvalue weighted by Crippen LogP contribution is -2.37. The van der Waals surface area contributed by atoms with E-state index in [4.69, 9.17) is 0 Å². The Morgan fingerprint density at radius 2 is 1.35 bits per heavy atom. The Hall–Kier alpha value is -2.87. The van der Waals surface area contributed by atoms with Crippen molar-refractivity contribution in [1.82, 2.24) is 0 Å². The predicted molar refractivity (Wildman–Crippen MR) is 92.6 cm³/mol. The third kappa shape index (κ3) is 1.92. The van der Waals surface area contributed by atoms with E-state index in [2.05, 4.69) is 18.3 Å². The molecular weight excluding hydrogens is 282 g/mol. The SMILES string of the molecule is Cc1ccc2c(c1)C(c1ccccc1)(c1ccccc1)C(=O)N2. The molecule has 0 atom stereocenters. The Morgan fingerprint density at radius 3 is 1.91 bits per heavy atom. The molecule has 0 unspecified atom stereocenters. The first-order chi connectivity index (χ1) is 11.2. The van der Waals surface area contributed by atoms with E-state index < -0.39 is 5.41 Å². The zero-order chi connectivity index (χ0) is 15.9. The fourth-order valence-corrected chi connectivity index (χ4v) is 3.53. The van der Waals surface area contributed by atoms with Crippen LogP contribution in [0.25, 0.3) is 0 Å². The Kier molecular flexibility index (Phi) is 3.05. The third-order valence-corrected chi connectivity index (χ3v) is 4.58. The van der Waals surface area contributed by atoms with Crippen LogP contribution in [0.4, 0.5) is 5.69 Å². The summed E-state index contributed by atoms with van der Waals surface area (Å²) in [6, 6.07) is 26.2. The first-order valence-corrected chi connectivity index (χ1v) is 7.76. The largest absolute Gasteiger partial charge is 0.324 e. The highest BCUT2D eigenvalue weighted by molar-refractivity contribution is 6.11. The molecule has 0 radical (unpaired) electrons. The second kappa shape index (κ2) is 5.10. The summed E-state index contributed by atoms with van der Waals surface area (Å²) in [5.74, 6) is 0.00972. The number of aryl methyl sites for hydroxylation is 1. The second-order valence-corrected chi connectivity index (χ2v) is 5.99. The van der Waals surface area contributed by atoms with Gasteiger partial charge in [-0.3, -0.25) is 4.79 Å². The number of hydrogen-bond donors (Lipinski definition) is 1. The van der Waals surface area contributed by atoms with Crippen LogP contribution in [-0.2, 0) is 10.2 Å². The molecule has 23 heavy (non-hydrogen) atoms. The van der Waals surface area contributed by atoms with Crippen LogP contribution in [0.3, 0.4) is 0 Å². The zero-order valence-electron chi connectivity index (χ0n) is 12.9. The molecule has 1 amide bonds. The molecule has 4 rings (SSSR count). The van der Waals surface area contributed by atoms with Gasteiger partial charge < -0.3 is 5.32 Å². The highest BCUT2D eigenvalue weighted by atomic mass is 16.2. The monoisotopic (exact) mass is 299 g/mol. The standard InChI is InChI=1S/C21H17NO/c1-15-12-13-19-18(14-15)21(20(23)22-19,16-8-4-2-5-9-16)17-10-6-3-7-11-17/h2-14H,1H3,(H,22,23). The Balaban J connectivity index is 2.10. The van der Waals surface area contributed by atoms with Gasteiger partial charge in [0.1, 0.15) is 5.41 Å². The fraction of sp³-hybridized carbons (Fsp3) is 0.0952. The first kappa shape index (κ1) is 13.8. The number of rotatable bonds is 2. The smallest absolute Gasteiger partial charge is 0.244 e. The van der Waals surface area contributed by atoms with Crippen molar-refractivity contribution in [3.8, 4) is 0 Å². The number of benzene rings is 3. The Labute approximate surface area is 135 Å². The average molecular weight is 299 g/mol. The maximum absolute atomic E-state index is 13.2. The van der Waals surface area contributed by atoms with Gasteiger partial charge in [-0.1, -0.05) is 78.4 Å². The minimum atomic E-state index is -0.788. The molecule has 1 aliphatic heterocycles. The summed E-state index contributed by atoms with van der Waals surface area (Å²) in [5.41, 5.74) is 4.27.